The summed E-state index contributed by atoms with van der Waals surface area (Å²) in [6.07, 6.45) is -0.655. The molecule has 0 saturated heterocycles. The van der Waals surface area contributed by atoms with Crippen LogP contribution in [0.1, 0.15) is 29.5 Å². The molecule has 0 aliphatic heterocycles. The van der Waals surface area contributed by atoms with Crippen molar-refractivity contribution in [2.45, 2.75) is 38.3 Å². The van der Waals surface area contributed by atoms with Gasteiger partial charge in [0.15, 0.2) is 0 Å². The van der Waals surface area contributed by atoms with E-state index in [-0.39, 0.29) is 32.2 Å². The van der Waals surface area contributed by atoms with Gasteiger partial charge in [0.05, 0.1) is 0 Å². The second-order valence-corrected chi connectivity index (χ2v) is 10.7. The van der Waals surface area contributed by atoms with Crippen molar-refractivity contribution in [2.24, 2.45) is 0 Å². The lowest BCUT2D eigenvalue weighted by Crippen LogP contribution is -2.36. The fourth-order valence-electron chi connectivity index (χ4n) is 3.43. The highest BCUT2D eigenvalue weighted by atomic mass is 31.2. The average molecular weight is 496 g/mol. The number of hydrogen-bond acceptors (Lipinski definition) is 5. The standard InChI is InChI=1S/C27H30NO6P/c29-26(33-20-23-12-6-2-7-13-23)17-16-25(28-27(30)34-21-24-14-8-3-9-15-24)35(31,32)19-18-22-10-4-1-5-11-22/h1-15,25H,16-21H2,(H,28,30)(H,31,32). The number of esters is 1. The number of ether oxygens (including phenoxy) is 2. The van der Waals surface area contributed by atoms with Crippen LogP contribution in [0, 0.1) is 0 Å². The molecule has 2 unspecified atom stereocenters. The summed E-state index contributed by atoms with van der Waals surface area (Å²) in [4.78, 5) is 35.5. The van der Waals surface area contributed by atoms with Crippen molar-refractivity contribution >= 4 is 19.4 Å². The molecule has 3 rings (SSSR count). The second-order valence-electron chi connectivity index (χ2n) is 8.12. The Kier molecular flexibility index (Phi) is 10.1. The molecule has 8 heteroatoms. The summed E-state index contributed by atoms with van der Waals surface area (Å²) in [6, 6.07) is 27.7. The maximum absolute atomic E-state index is 13.2. The third-order valence-corrected chi connectivity index (χ3v) is 7.64. The predicted octanol–water partition coefficient (Wildman–Crippen LogP) is 5.28. The van der Waals surface area contributed by atoms with Crippen LogP contribution in [0.25, 0.3) is 0 Å². The third-order valence-electron chi connectivity index (χ3n) is 5.41. The molecule has 0 bridgehead atoms. The van der Waals surface area contributed by atoms with E-state index in [0.717, 1.165) is 16.7 Å². The van der Waals surface area contributed by atoms with Crippen LogP contribution in [-0.2, 0) is 38.5 Å². The molecule has 184 valence electrons. The SMILES string of the molecule is O=C(CCC(NC(=O)OCc1ccccc1)P(=O)(O)CCc1ccccc1)OCc1ccccc1. The normalized spacial score (nSPS) is 13.3. The zero-order valence-corrected chi connectivity index (χ0v) is 20.3. The minimum Gasteiger partial charge on any atom is -0.461 e. The summed E-state index contributed by atoms with van der Waals surface area (Å²) in [5, 5.41) is 2.51. The molecule has 0 fully saturated rings. The first-order valence-electron chi connectivity index (χ1n) is 11.4. The Morgan fingerprint density at radius 2 is 1.26 bits per heavy atom. The topological polar surface area (TPSA) is 102 Å². The van der Waals surface area contributed by atoms with E-state index in [2.05, 4.69) is 5.32 Å². The van der Waals surface area contributed by atoms with Crippen LogP contribution in [-0.4, -0.2) is 28.9 Å². The molecular formula is C27H30NO6P. The first-order chi connectivity index (χ1) is 16.9. The van der Waals surface area contributed by atoms with Gasteiger partial charge in [0, 0.05) is 12.6 Å². The summed E-state index contributed by atoms with van der Waals surface area (Å²) >= 11 is 0. The van der Waals surface area contributed by atoms with E-state index in [4.69, 9.17) is 9.47 Å². The number of amides is 1. The van der Waals surface area contributed by atoms with Crippen LogP contribution in [0.15, 0.2) is 91.0 Å². The average Bonchev–Trinajstić information content (AvgIpc) is 2.89. The Hall–Kier alpha value is -3.41. The van der Waals surface area contributed by atoms with Gasteiger partial charge in [-0.25, -0.2) is 4.79 Å². The van der Waals surface area contributed by atoms with Gasteiger partial charge in [0.2, 0.25) is 7.37 Å². The van der Waals surface area contributed by atoms with Gasteiger partial charge in [-0.1, -0.05) is 91.0 Å². The molecule has 3 aromatic carbocycles. The maximum atomic E-state index is 13.2. The van der Waals surface area contributed by atoms with E-state index in [1.807, 2.05) is 91.0 Å². The lowest BCUT2D eigenvalue weighted by Gasteiger charge is -2.24. The van der Waals surface area contributed by atoms with E-state index in [9.17, 15) is 19.0 Å². The van der Waals surface area contributed by atoms with Crippen molar-refractivity contribution in [1.82, 2.24) is 5.32 Å². The fraction of sp³-hybridized carbons (Fsp3) is 0.259. The zero-order valence-electron chi connectivity index (χ0n) is 19.4. The number of nitrogens with one attached hydrogen (secondary N) is 1. The van der Waals surface area contributed by atoms with Crippen LogP contribution in [0.3, 0.4) is 0 Å². The van der Waals surface area contributed by atoms with Gasteiger partial charge in [0.25, 0.3) is 0 Å². The molecule has 0 aliphatic carbocycles. The van der Waals surface area contributed by atoms with Crippen molar-refractivity contribution in [3.8, 4) is 0 Å². The number of carbonyl (C=O) groups is 2. The monoisotopic (exact) mass is 495 g/mol. The van der Waals surface area contributed by atoms with Gasteiger partial charge in [0.1, 0.15) is 19.0 Å². The lowest BCUT2D eigenvalue weighted by atomic mass is 10.2. The second kappa shape index (κ2) is 13.5. The highest BCUT2D eigenvalue weighted by molar-refractivity contribution is 7.58. The number of carbonyl (C=O) groups excluding carboxylic acids is 2. The predicted molar refractivity (Wildman–Crippen MR) is 134 cm³/mol. The lowest BCUT2D eigenvalue weighted by molar-refractivity contribution is -0.145. The highest BCUT2D eigenvalue weighted by Gasteiger charge is 2.33. The van der Waals surface area contributed by atoms with Gasteiger partial charge >= 0.3 is 12.1 Å². The number of hydrogen-bond donors (Lipinski definition) is 2. The van der Waals surface area contributed by atoms with E-state index in [0.29, 0.717) is 6.42 Å². The molecule has 0 radical (unpaired) electrons. The quantitative estimate of drug-likeness (QED) is 0.262. The van der Waals surface area contributed by atoms with Gasteiger partial charge in [-0.3, -0.25) is 9.36 Å². The van der Waals surface area contributed by atoms with E-state index >= 15 is 0 Å². The first kappa shape index (κ1) is 26.2. The van der Waals surface area contributed by atoms with Crippen molar-refractivity contribution in [3.63, 3.8) is 0 Å². The molecule has 35 heavy (non-hydrogen) atoms. The minimum absolute atomic E-state index is 0.0260. The van der Waals surface area contributed by atoms with E-state index in [1.165, 1.54) is 0 Å². The molecular weight excluding hydrogens is 465 g/mol. The van der Waals surface area contributed by atoms with Crippen LogP contribution in [0.5, 0.6) is 0 Å². The summed E-state index contributed by atoms with van der Waals surface area (Å²) in [6.45, 7) is 0.139. The van der Waals surface area contributed by atoms with Crippen LogP contribution in [0.2, 0.25) is 0 Å². The Bertz CT molecular complexity index is 1110. The Morgan fingerprint density at radius 3 is 1.80 bits per heavy atom. The molecule has 0 saturated carbocycles. The first-order valence-corrected chi connectivity index (χ1v) is 13.4. The van der Waals surface area contributed by atoms with Crippen LogP contribution < -0.4 is 5.32 Å². The Morgan fingerprint density at radius 1 is 0.771 bits per heavy atom. The minimum atomic E-state index is -3.87. The number of alkyl carbamates (subject to hydrolysis) is 1. The molecule has 0 aliphatic rings. The van der Waals surface area contributed by atoms with Crippen molar-refractivity contribution in [3.05, 3.63) is 108 Å². The van der Waals surface area contributed by atoms with E-state index in [1.54, 1.807) is 0 Å². The van der Waals surface area contributed by atoms with Gasteiger partial charge in [-0.2, -0.15) is 0 Å². The molecule has 0 heterocycles. The molecule has 3 aromatic rings. The summed E-state index contributed by atoms with van der Waals surface area (Å²) < 4.78 is 23.7. The zero-order chi connectivity index (χ0) is 24.9. The molecule has 7 nitrogen and oxygen atoms in total. The highest BCUT2D eigenvalue weighted by Crippen LogP contribution is 2.47. The van der Waals surface area contributed by atoms with Gasteiger partial charge in [-0.15, -0.1) is 0 Å². The molecule has 0 spiro atoms. The van der Waals surface area contributed by atoms with Crippen molar-refractivity contribution < 1.29 is 28.5 Å². The van der Waals surface area contributed by atoms with Crippen LogP contribution >= 0.6 is 7.37 Å². The number of rotatable bonds is 12. The molecule has 2 atom stereocenters. The smallest absolute Gasteiger partial charge is 0.408 e. The van der Waals surface area contributed by atoms with Crippen LogP contribution in [0.4, 0.5) is 4.79 Å². The van der Waals surface area contributed by atoms with E-state index < -0.39 is 25.2 Å². The van der Waals surface area contributed by atoms with Gasteiger partial charge < -0.3 is 19.7 Å². The third kappa shape index (κ3) is 9.39. The molecule has 1 amide bonds. The molecule has 0 aromatic heterocycles. The number of benzene rings is 3. The van der Waals surface area contributed by atoms with Crippen molar-refractivity contribution in [2.75, 3.05) is 6.16 Å². The largest absolute Gasteiger partial charge is 0.461 e. The fourth-order valence-corrected chi connectivity index (χ4v) is 5.16. The Labute approximate surface area is 205 Å². The molecule has 2 N–H and O–H groups in total. The summed E-state index contributed by atoms with van der Waals surface area (Å²) in [5.74, 6) is -1.65. The van der Waals surface area contributed by atoms with Crippen molar-refractivity contribution in [1.29, 1.82) is 0 Å². The maximum Gasteiger partial charge on any atom is 0.408 e. The Balaban J connectivity index is 1.58. The summed E-state index contributed by atoms with van der Waals surface area (Å²) in [5.41, 5.74) is 2.55. The summed E-state index contributed by atoms with van der Waals surface area (Å²) in [7, 11) is -3.87. The number of aryl methyl sites for hydroxylation is 1. The van der Waals surface area contributed by atoms with Gasteiger partial charge in [-0.05, 0) is 29.5 Å².